The Morgan fingerprint density at radius 1 is 1.20 bits per heavy atom. The maximum Gasteiger partial charge on any atom is 0.227 e. The van der Waals surface area contributed by atoms with Gasteiger partial charge in [-0.2, -0.15) is 0 Å². The quantitative estimate of drug-likeness (QED) is 0.813. The lowest BCUT2D eigenvalue weighted by molar-refractivity contribution is -0.126. The third-order valence-corrected chi connectivity index (χ3v) is 5.11. The second-order valence-electron chi connectivity index (χ2n) is 7.91. The maximum absolute atomic E-state index is 12.5. The monoisotopic (exact) mass is 344 g/mol. The summed E-state index contributed by atoms with van der Waals surface area (Å²) in [6.07, 6.45) is 3.60. The molecular formula is C21H32N2O2. The van der Waals surface area contributed by atoms with Crippen LogP contribution in [0.1, 0.15) is 57.6 Å². The van der Waals surface area contributed by atoms with Gasteiger partial charge in [0.05, 0.1) is 5.92 Å². The number of amides is 2. The molecular weight excluding hydrogens is 312 g/mol. The van der Waals surface area contributed by atoms with Gasteiger partial charge in [0.15, 0.2) is 0 Å². The molecule has 1 N–H and O–H groups in total. The van der Waals surface area contributed by atoms with E-state index < -0.39 is 0 Å². The Labute approximate surface area is 152 Å². The van der Waals surface area contributed by atoms with Crippen molar-refractivity contribution in [2.45, 2.75) is 66.3 Å². The first kappa shape index (κ1) is 19.5. The van der Waals surface area contributed by atoms with E-state index in [0.29, 0.717) is 18.9 Å². The molecule has 0 radical (unpaired) electrons. The summed E-state index contributed by atoms with van der Waals surface area (Å²) in [4.78, 5) is 26.6. The van der Waals surface area contributed by atoms with E-state index in [1.54, 1.807) is 4.90 Å². The van der Waals surface area contributed by atoms with Gasteiger partial charge < -0.3 is 10.2 Å². The number of benzene rings is 1. The number of rotatable bonds is 7. The number of hydrogen-bond donors (Lipinski definition) is 1. The van der Waals surface area contributed by atoms with Gasteiger partial charge in [0, 0.05) is 24.7 Å². The maximum atomic E-state index is 12.5. The Bertz CT molecular complexity index is 624. The van der Waals surface area contributed by atoms with E-state index in [-0.39, 0.29) is 23.8 Å². The van der Waals surface area contributed by atoms with Crippen molar-refractivity contribution in [1.82, 2.24) is 5.32 Å². The predicted molar refractivity (Wildman–Crippen MR) is 103 cm³/mol. The first-order valence-electron chi connectivity index (χ1n) is 9.46. The molecule has 2 atom stereocenters. The topological polar surface area (TPSA) is 49.4 Å². The first-order valence-corrected chi connectivity index (χ1v) is 9.46. The zero-order chi connectivity index (χ0) is 18.6. The van der Waals surface area contributed by atoms with E-state index >= 15 is 0 Å². The van der Waals surface area contributed by atoms with Gasteiger partial charge in [-0.1, -0.05) is 32.8 Å². The lowest BCUT2D eigenvalue weighted by atomic mass is 10.0. The van der Waals surface area contributed by atoms with Crippen molar-refractivity contribution in [3.63, 3.8) is 0 Å². The molecule has 1 aliphatic rings. The minimum Gasteiger partial charge on any atom is -0.353 e. The van der Waals surface area contributed by atoms with Gasteiger partial charge in [-0.05, 0) is 56.4 Å². The van der Waals surface area contributed by atoms with Crippen molar-refractivity contribution in [2.24, 2.45) is 11.8 Å². The van der Waals surface area contributed by atoms with Crippen molar-refractivity contribution in [2.75, 3.05) is 11.4 Å². The largest absolute Gasteiger partial charge is 0.353 e. The van der Waals surface area contributed by atoms with Crippen LogP contribution in [0.25, 0.3) is 0 Å². The van der Waals surface area contributed by atoms with Crippen LogP contribution in [0.4, 0.5) is 5.69 Å². The van der Waals surface area contributed by atoms with Gasteiger partial charge in [0.25, 0.3) is 0 Å². The molecule has 4 nitrogen and oxygen atoms in total. The van der Waals surface area contributed by atoms with Crippen LogP contribution in [-0.4, -0.2) is 24.4 Å². The summed E-state index contributed by atoms with van der Waals surface area (Å²) >= 11 is 0. The molecule has 1 aromatic carbocycles. The molecule has 1 saturated heterocycles. The highest BCUT2D eigenvalue weighted by Crippen LogP contribution is 2.27. The smallest absolute Gasteiger partial charge is 0.227 e. The highest BCUT2D eigenvalue weighted by Gasteiger charge is 2.35. The van der Waals surface area contributed by atoms with Crippen LogP contribution in [0.3, 0.4) is 0 Å². The lowest BCUT2D eigenvalue weighted by Gasteiger charge is -2.19. The second-order valence-corrected chi connectivity index (χ2v) is 7.91. The van der Waals surface area contributed by atoms with Gasteiger partial charge in [-0.15, -0.1) is 0 Å². The molecule has 1 heterocycles. The van der Waals surface area contributed by atoms with E-state index in [1.165, 1.54) is 12.0 Å². The number of anilines is 1. The molecule has 0 spiro atoms. The van der Waals surface area contributed by atoms with Gasteiger partial charge in [0.2, 0.25) is 11.8 Å². The van der Waals surface area contributed by atoms with Crippen molar-refractivity contribution >= 4 is 17.5 Å². The summed E-state index contributed by atoms with van der Waals surface area (Å²) in [5, 5.41) is 3.09. The van der Waals surface area contributed by atoms with Gasteiger partial charge in [-0.3, -0.25) is 9.59 Å². The fourth-order valence-corrected chi connectivity index (χ4v) is 3.29. The minimum atomic E-state index is -0.248. The Balaban J connectivity index is 1.90. The number of nitrogens with one attached hydrogen (secondary N) is 1. The zero-order valence-corrected chi connectivity index (χ0v) is 16.3. The van der Waals surface area contributed by atoms with Crippen LogP contribution in [0, 0.1) is 25.7 Å². The molecule has 0 unspecified atom stereocenters. The van der Waals surface area contributed by atoms with Gasteiger partial charge in [-0.25, -0.2) is 0 Å². The standard InChI is InChI=1S/C21H32N2O2/c1-14(2)7-6-8-17(5)22-21(25)18-12-20(24)23(13-18)19-10-9-15(3)16(4)11-19/h9-11,14,17-18H,6-8,12-13H2,1-5H3,(H,22,25)/t17-,18-/m1/s1. The van der Waals surface area contributed by atoms with E-state index in [4.69, 9.17) is 0 Å². The summed E-state index contributed by atoms with van der Waals surface area (Å²) in [6.45, 7) is 11.1. The Hall–Kier alpha value is -1.84. The average Bonchev–Trinajstić information content (AvgIpc) is 2.91. The van der Waals surface area contributed by atoms with Gasteiger partial charge in [0.1, 0.15) is 0 Å². The minimum absolute atomic E-state index is 0.0109. The number of nitrogens with zero attached hydrogens (tertiary/aromatic N) is 1. The molecule has 0 saturated carbocycles. The molecule has 2 rings (SSSR count). The van der Waals surface area contributed by atoms with E-state index in [2.05, 4.69) is 33.0 Å². The van der Waals surface area contributed by atoms with Crippen LogP contribution in [0.2, 0.25) is 0 Å². The number of carbonyl (C=O) groups is 2. The van der Waals surface area contributed by atoms with Crippen molar-refractivity contribution in [3.8, 4) is 0 Å². The third-order valence-electron chi connectivity index (χ3n) is 5.11. The first-order chi connectivity index (χ1) is 11.8. The lowest BCUT2D eigenvalue weighted by Crippen LogP contribution is -2.38. The molecule has 1 aromatic rings. The van der Waals surface area contributed by atoms with E-state index in [9.17, 15) is 9.59 Å². The molecule has 0 aliphatic carbocycles. The molecule has 0 aromatic heterocycles. The Morgan fingerprint density at radius 2 is 1.92 bits per heavy atom. The Morgan fingerprint density at radius 3 is 2.56 bits per heavy atom. The van der Waals surface area contributed by atoms with Crippen LogP contribution >= 0.6 is 0 Å². The van der Waals surface area contributed by atoms with E-state index in [1.807, 2.05) is 25.1 Å². The fraction of sp³-hybridized carbons (Fsp3) is 0.619. The number of carbonyl (C=O) groups excluding carboxylic acids is 2. The highest BCUT2D eigenvalue weighted by molar-refractivity contribution is 6.00. The molecule has 25 heavy (non-hydrogen) atoms. The van der Waals surface area contributed by atoms with Crippen LogP contribution in [-0.2, 0) is 9.59 Å². The van der Waals surface area contributed by atoms with Crippen molar-refractivity contribution < 1.29 is 9.59 Å². The fourth-order valence-electron chi connectivity index (χ4n) is 3.29. The van der Waals surface area contributed by atoms with Crippen molar-refractivity contribution in [3.05, 3.63) is 29.3 Å². The number of hydrogen-bond acceptors (Lipinski definition) is 2. The average molecular weight is 344 g/mol. The third kappa shape index (κ3) is 5.32. The molecule has 4 heteroatoms. The molecule has 0 bridgehead atoms. The Kier molecular flexibility index (Phi) is 6.63. The molecule has 1 fully saturated rings. The molecule has 138 valence electrons. The summed E-state index contributed by atoms with van der Waals surface area (Å²) in [5.74, 6) is 0.496. The normalized spacial score (nSPS) is 18.7. The van der Waals surface area contributed by atoms with Crippen LogP contribution in [0.15, 0.2) is 18.2 Å². The van der Waals surface area contributed by atoms with Crippen molar-refractivity contribution in [1.29, 1.82) is 0 Å². The van der Waals surface area contributed by atoms with Crippen LogP contribution in [0.5, 0.6) is 0 Å². The second kappa shape index (κ2) is 8.50. The summed E-state index contributed by atoms with van der Waals surface area (Å²) < 4.78 is 0. The summed E-state index contributed by atoms with van der Waals surface area (Å²) in [7, 11) is 0. The van der Waals surface area contributed by atoms with Gasteiger partial charge >= 0.3 is 0 Å². The number of aryl methyl sites for hydroxylation is 2. The SMILES string of the molecule is Cc1ccc(N2C[C@H](C(=O)N[C@H](C)CCCC(C)C)CC2=O)cc1C. The summed E-state index contributed by atoms with van der Waals surface area (Å²) in [6, 6.07) is 6.19. The predicted octanol–water partition coefficient (Wildman–Crippen LogP) is 3.99. The molecule has 2 amide bonds. The van der Waals surface area contributed by atoms with E-state index in [0.717, 1.165) is 24.1 Å². The zero-order valence-electron chi connectivity index (χ0n) is 16.3. The molecule has 1 aliphatic heterocycles. The van der Waals surface area contributed by atoms with Crippen LogP contribution < -0.4 is 10.2 Å². The summed E-state index contributed by atoms with van der Waals surface area (Å²) in [5.41, 5.74) is 3.27. The highest BCUT2D eigenvalue weighted by atomic mass is 16.2.